The fourth-order valence-electron chi connectivity index (χ4n) is 1.76. The van der Waals surface area contributed by atoms with Crippen molar-refractivity contribution in [2.45, 2.75) is 0 Å². The normalized spacial score (nSPS) is 15.3. The molecule has 1 heterocycles. The molecule has 1 N–H and O–H groups in total. The van der Waals surface area contributed by atoms with E-state index in [1.807, 2.05) is 0 Å². The van der Waals surface area contributed by atoms with Gasteiger partial charge in [-0.05, 0) is 22.0 Å². The number of carboxylic acids is 1. The summed E-state index contributed by atoms with van der Waals surface area (Å²) in [7, 11) is 0. The van der Waals surface area contributed by atoms with Crippen LogP contribution in [-0.2, 0) is 4.79 Å². The second-order valence-electron chi connectivity index (χ2n) is 3.95. The highest BCUT2D eigenvalue weighted by Crippen LogP contribution is 2.36. The Morgan fingerprint density at radius 1 is 1.56 bits per heavy atom. The molecule has 2 rings (SSSR count). The number of nitrogens with zero attached hydrogens (tertiary/aromatic N) is 2. The zero-order valence-electron chi connectivity index (χ0n) is 8.97. The van der Waals surface area contributed by atoms with Crippen LogP contribution in [0.5, 0.6) is 0 Å². The Bertz CT molecular complexity index is 531. The number of halogens is 2. The highest BCUT2D eigenvalue weighted by atomic mass is 79.9. The van der Waals surface area contributed by atoms with Crippen LogP contribution in [0.1, 0.15) is 0 Å². The smallest absolute Gasteiger partial charge is 0.310 e. The van der Waals surface area contributed by atoms with E-state index in [-0.39, 0.29) is 28.9 Å². The number of hydrogen-bond acceptors (Lipinski definition) is 4. The lowest BCUT2D eigenvalue weighted by atomic mass is 9.99. The molecule has 0 bridgehead atoms. The van der Waals surface area contributed by atoms with Crippen LogP contribution in [0.4, 0.5) is 15.8 Å². The molecule has 0 spiro atoms. The van der Waals surface area contributed by atoms with Gasteiger partial charge in [-0.3, -0.25) is 14.9 Å². The molecule has 8 heteroatoms. The number of benzene rings is 1. The summed E-state index contributed by atoms with van der Waals surface area (Å²) in [6.07, 6.45) is 0. The van der Waals surface area contributed by atoms with E-state index in [4.69, 9.17) is 5.11 Å². The van der Waals surface area contributed by atoms with Crippen LogP contribution >= 0.6 is 15.9 Å². The molecule has 0 aliphatic carbocycles. The van der Waals surface area contributed by atoms with Crippen LogP contribution in [0.25, 0.3) is 0 Å². The molecule has 18 heavy (non-hydrogen) atoms. The van der Waals surface area contributed by atoms with E-state index < -0.39 is 22.6 Å². The fraction of sp³-hybridized carbons (Fsp3) is 0.300. The molecule has 0 unspecified atom stereocenters. The maximum absolute atomic E-state index is 13.2. The molecule has 1 fully saturated rings. The van der Waals surface area contributed by atoms with Crippen LogP contribution in [0.3, 0.4) is 0 Å². The van der Waals surface area contributed by atoms with Gasteiger partial charge in [0.2, 0.25) is 0 Å². The number of carbonyl (C=O) groups is 1. The number of anilines is 1. The van der Waals surface area contributed by atoms with Gasteiger partial charge in [0.05, 0.1) is 21.4 Å². The molecule has 1 saturated heterocycles. The van der Waals surface area contributed by atoms with Crippen LogP contribution < -0.4 is 4.90 Å². The van der Waals surface area contributed by atoms with Gasteiger partial charge in [0.1, 0.15) is 11.5 Å². The number of rotatable bonds is 3. The zero-order chi connectivity index (χ0) is 13.4. The standard InChI is InChI=1S/C10H8BrFN2O4/c11-6-1-8(9(14(17)18)2-7(6)12)13-3-5(4-13)10(15)16/h1-2,5H,3-4H2,(H,15,16). The van der Waals surface area contributed by atoms with E-state index >= 15 is 0 Å². The van der Waals surface area contributed by atoms with E-state index in [2.05, 4.69) is 15.9 Å². The third kappa shape index (κ3) is 2.15. The molecule has 0 saturated carbocycles. The summed E-state index contributed by atoms with van der Waals surface area (Å²) < 4.78 is 13.4. The molecule has 1 aliphatic heterocycles. The van der Waals surface area contributed by atoms with Gasteiger partial charge in [-0.25, -0.2) is 4.39 Å². The van der Waals surface area contributed by atoms with Gasteiger partial charge >= 0.3 is 5.97 Å². The van der Waals surface area contributed by atoms with Gasteiger partial charge in [0, 0.05) is 13.1 Å². The molecule has 1 aliphatic rings. The van der Waals surface area contributed by atoms with Crippen molar-refractivity contribution in [2.75, 3.05) is 18.0 Å². The van der Waals surface area contributed by atoms with Gasteiger partial charge in [-0.1, -0.05) is 0 Å². The van der Waals surface area contributed by atoms with E-state index in [1.54, 1.807) is 4.90 Å². The molecular formula is C10H8BrFN2O4. The molecule has 0 radical (unpaired) electrons. The lowest BCUT2D eigenvalue weighted by Gasteiger charge is -2.38. The predicted octanol–water partition coefficient (Wildman–Crippen LogP) is 2.02. The van der Waals surface area contributed by atoms with E-state index in [9.17, 15) is 19.3 Å². The van der Waals surface area contributed by atoms with Crippen LogP contribution in [0, 0.1) is 21.8 Å². The Kier molecular flexibility index (Phi) is 3.20. The second kappa shape index (κ2) is 4.52. The Labute approximate surface area is 109 Å². The lowest BCUT2D eigenvalue weighted by molar-refractivity contribution is -0.384. The quantitative estimate of drug-likeness (QED) is 0.681. The maximum atomic E-state index is 13.2. The van der Waals surface area contributed by atoms with Crippen LogP contribution in [0.2, 0.25) is 0 Å². The second-order valence-corrected chi connectivity index (χ2v) is 4.81. The van der Waals surface area contributed by atoms with Crippen molar-refractivity contribution in [1.29, 1.82) is 0 Å². The van der Waals surface area contributed by atoms with Crippen molar-refractivity contribution in [3.05, 3.63) is 32.5 Å². The first kappa shape index (κ1) is 12.7. The molecule has 1 aromatic rings. The molecule has 96 valence electrons. The minimum Gasteiger partial charge on any atom is -0.481 e. The largest absolute Gasteiger partial charge is 0.481 e. The first-order valence-electron chi connectivity index (χ1n) is 5.01. The third-order valence-corrected chi connectivity index (χ3v) is 3.39. The summed E-state index contributed by atoms with van der Waals surface area (Å²) in [6, 6.07) is 2.12. The highest BCUT2D eigenvalue weighted by molar-refractivity contribution is 9.10. The Balaban J connectivity index is 2.31. The molecule has 6 nitrogen and oxygen atoms in total. The third-order valence-electron chi connectivity index (χ3n) is 2.79. The summed E-state index contributed by atoms with van der Waals surface area (Å²) in [5, 5.41) is 19.6. The van der Waals surface area contributed by atoms with Crippen molar-refractivity contribution in [1.82, 2.24) is 0 Å². The number of aliphatic carboxylic acids is 1. The molecule has 0 amide bonds. The summed E-state index contributed by atoms with van der Waals surface area (Å²) in [5.41, 5.74) is -0.134. The number of nitro groups is 1. The Morgan fingerprint density at radius 2 is 2.17 bits per heavy atom. The van der Waals surface area contributed by atoms with Crippen molar-refractivity contribution in [3.63, 3.8) is 0 Å². The van der Waals surface area contributed by atoms with Gasteiger partial charge < -0.3 is 10.0 Å². The lowest BCUT2D eigenvalue weighted by Crippen LogP contribution is -2.50. The van der Waals surface area contributed by atoms with E-state index in [1.165, 1.54) is 6.07 Å². The Morgan fingerprint density at radius 3 is 2.67 bits per heavy atom. The zero-order valence-corrected chi connectivity index (χ0v) is 10.6. The Hall–Kier alpha value is -1.70. The minimum atomic E-state index is -0.935. The van der Waals surface area contributed by atoms with Crippen LogP contribution in [0.15, 0.2) is 16.6 Å². The van der Waals surface area contributed by atoms with Crippen LogP contribution in [-0.4, -0.2) is 29.1 Å². The van der Waals surface area contributed by atoms with Gasteiger partial charge in [0.25, 0.3) is 5.69 Å². The number of carboxylic acid groups (broad SMARTS) is 1. The van der Waals surface area contributed by atoms with Gasteiger partial charge in [0.15, 0.2) is 0 Å². The fourth-order valence-corrected chi connectivity index (χ4v) is 2.09. The molecule has 1 aromatic carbocycles. The van der Waals surface area contributed by atoms with Crippen molar-refractivity contribution in [3.8, 4) is 0 Å². The number of nitro benzene ring substituents is 1. The average molecular weight is 319 g/mol. The first-order valence-corrected chi connectivity index (χ1v) is 5.80. The SMILES string of the molecule is O=C(O)C1CN(c2cc(Br)c(F)cc2[N+](=O)[O-])C1. The van der Waals surface area contributed by atoms with Gasteiger partial charge in [-0.15, -0.1) is 0 Å². The molecular weight excluding hydrogens is 311 g/mol. The predicted molar refractivity (Wildman–Crippen MR) is 64.1 cm³/mol. The summed E-state index contributed by atoms with van der Waals surface area (Å²) in [4.78, 5) is 22.4. The minimum absolute atomic E-state index is 0.113. The van der Waals surface area contributed by atoms with Crippen molar-refractivity contribution in [2.24, 2.45) is 5.92 Å². The topological polar surface area (TPSA) is 83.7 Å². The monoisotopic (exact) mass is 318 g/mol. The molecule has 0 aromatic heterocycles. The van der Waals surface area contributed by atoms with Gasteiger partial charge in [-0.2, -0.15) is 0 Å². The summed E-state index contributed by atoms with van der Waals surface area (Å²) >= 11 is 2.95. The summed E-state index contributed by atoms with van der Waals surface area (Å²) in [6.45, 7) is 0.377. The average Bonchev–Trinajstić information content (AvgIpc) is 2.19. The van der Waals surface area contributed by atoms with Crippen molar-refractivity contribution >= 4 is 33.3 Å². The van der Waals surface area contributed by atoms with E-state index in [0.717, 1.165) is 6.07 Å². The summed E-state index contributed by atoms with van der Waals surface area (Å²) in [5.74, 6) is -2.19. The number of hydrogen-bond donors (Lipinski definition) is 1. The van der Waals surface area contributed by atoms with E-state index in [0.29, 0.717) is 0 Å². The first-order chi connectivity index (χ1) is 8.40. The highest BCUT2D eigenvalue weighted by Gasteiger charge is 2.36. The van der Waals surface area contributed by atoms with Crippen molar-refractivity contribution < 1.29 is 19.2 Å². The maximum Gasteiger partial charge on any atom is 0.310 e. The molecule has 0 atom stereocenters.